The molecule has 0 spiro atoms. The number of carbonyl (C=O) groups is 1. The van der Waals surface area contributed by atoms with Crippen LogP contribution in [0.2, 0.25) is 0 Å². The Morgan fingerprint density at radius 3 is 2.00 bits per heavy atom. The first-order valence-electron chi connectivity index (χ1n) is 13.9. The SMILES string of the molecule is COc1ccc(CCN(Cc2ccc(OCc3ccccc3)c(OC)c2)C(=O)c2ccc3ccccc3c2)cc1OC. The summed E-state index contributed by atoms with van der Waals surface area (Å²) in [4.78, 5) is 15.8. The second kappa shape index (κ2) is 13.6. The van der Waals surface area contributed by atoms with Crippen molar-refractivity contribution in [2.45, 2.75) is 19.6 Å². The zero-order valence-corrected chi connectivity index (χ0v) is 24.2. The van der Waals surface area contributed by atoms with E-state index in [-0.39, 0.29) is 5.91 Å². The van der Waals surface area contributed by atoms with Crippen LogP contribution in [0.15, 0.2) is 109 Å². The number of methoxy groups -OCH3 is 3. The zero-order valence-electron chi connectivity index (χ0n) is 24.2. The van der Waals surface area contributed by atoms with Gasteiger partial charge in [0.05, 0.1) is 21.3 Å². The molecular weight excluding hydrogens is 526 g/mol. The van der Waals surface area contributed by atoms with Gasteiger partial charge in [-0.2, -0.15) is 0 Å². The van der Waals surface area contributed by atoms with Crippen molar-refractivity contribution < 1.29 is 23.7 Å². The molecule has 0 N–H and O–H groups in total. The number of carbonyl (C=O) groups excluding carboxylic acids is 1. The van der Waals surface area contributed by atoms with E-state index in [0.717, 1.165) is 27.5 Å². The highest BCUT2D eigenvalue weighted by Crippen LogP contribution is 2.31. The second-order valence-electron chi connectivity index (χ2n) is 9.99. The highest BCUT2D eigenvalue weighted by molar-refractivity contribution is 5.98. The van der Waals surface area contributed by atoms with Gasteiger partial charge in [0.1, 0.15) is 6.61 Å². The fourth-order valence-corrected chi connectivity index (χ4v) is 4.94. The lowest BCUT2D eigenvalue weighted by molar-refractivity contribution is 0.0745. The van der Waals surface area contributed by atoms with Crippen molar-refractivity contribution in [2.24, 2.45) is 0 Å². The molecule has 0 aromatic heterocycles. The summed E-state index contributed by atoms with van der Waals surface area (Å²) in [6, 6.07) is 35.6. The van der Waals surface area contributed by atoms with Crippen LogP contribution < -0.4 is 18.9 Å². The fraction of sp³-hybridized carbons (Fsp3) is 0.194. The van der Waals surface area contributed by atoms with E-state index in [0.29, 0.717) is 54.7 Å². The molecular formula is C36H35NO5. The van der Waals surface area contributed by atoms with Gasteiger partial charge >= 0.3 is 0 Å². The monoisotopic (exact) mass is 561 g/mol. The van der Waals surface area contributed by atoms with Crippen LogP contribution in [0.1, 0.15) is 27.0 Å². The summed E-state index contributed by atoms with van der Waals surface area (Å²) in [6.45, 7) is 1.36. The molecule has 0 radical (unpaired) electrons. The maximum atomic E-state index is 13.9. The molecule has 5 aromatic rings. The molecule has 6 nitrogen and oxygen atoms in total. The minimum absolute atomic E-state index is 0.0374. The van der Waals surface area contributed by atoms with Crippen molar-refractivity contribution in [2.75, 3.05) is 27.9 Å². The van der Waals surface area contributed by atoms with Gasteiger partial charge in [-0.25, -0.2) is 0 Å². The van der Waals surface area contributed by atoms with Crippen LogP contribution >= 0.6 is 0 Å². The Labute approximate surface area is 247 Å². The van der Waals surface area contributed by atoms with Crippen LogP contribution in [0.4, 0.5) is 0 Å². The number of ether oxygens (including phenoxy) is 4. The Balaban J connectivity index is 1.39. The zero-order chi connectivity index (χ0) is 29.3. The molecule has 0 atom stereocenters. The van der Waals surface area contributed by atoms with E-state index in [1.165, 1.54) is 0 Å². The van der Waals surface area contributed by atoms with E-state index < -0.39 is 0 Å². The molecule has 0 saturated heterocycles. The molecule has 0 aliphatic heterocycles. The molecule has 5 aromatic carbocycles. The molecule has 1 amide bonds. The molecule has 0 saturated carbocycles. The normalized spacial score (nSPS) is 10.7. The van der Waals surface area contributed by atoms with Gasteiger partial charge in [0.15, 0.2) is 23.0 Å². The molecule has 0 aliphatic carbocycles. The maximum Gasteiger partial charge on any atom is 0.254 e. The third-order valence-corrected chi connectivity index (χ3v) is 7.24. The lowest BCUT2D eigenvalue weighted by atomic mass is 10.0. The summed E-state index contributed by atoms with van der Waals surface area (Å²) in [6.07, 6.45) is 0.648. The molecule has 0 aliphatic rings. The van der Waals surface area contributed by atoms with Crippen LogP contribution in [0.25, 0.3) is 10.8 Å². The smallest absolute Gasteiger partial charge is 0.254 e. The number of benzene rings is 5. The van der Waals surface area contributed by atoms with Gasteiger partial charge < -0.3 is 23.8 Å². The van der Waals surface area contributed by atoms with Crippen LogP contribution in [-0.4, -0.2) is 38.7 Å². The fourth-order valence-electron chi connectivity index (χ4n) is 4.94. The highest BCUT2D eigenvalue weighted by atomic mass is 16.5. The molecule has 42 heavy (non-hydrogen) atoms. The van der Waals surface area contributed by atoms with E-state index in [1.54, 1.807) is 21.3 Å². The lowest BCUT2D eigenvalue weighted by Gasteiger charge is -2.24. The quantitative estimate of drug-likeness (QED) is 0.160. The van der Waals surface area contributed by atoms with Crippen molar-refractivity contribution >= 4 is 16.7 Å². The minimum Gasteiger partial charge on any atom is -0.493 e. The number of fused-ring (bicyclic) bond motifs is 1. The third-order valence-electron chi connectivity index (χ3n) is 7.24. The first-order valence-corrected chi connectivity index (χ1v) is 13.9. The van der Waals surface area contributed by atoms with Gasteiger partial charge in [0.25, 0.3) is 5.91 Å². The Kier molecular flexibility index (Phi) is 9.24. The Hall–Kier alpha value is -4.97. The maximum absolute atomic E-state index is 13.9. The average Bonchev–Trinajstić information content (AvgIpc) is 3.05. The number of hydrogen-bond acceptors (Lipinski definition) is 5. The summed E-state index contributed by atoms with van der Waals surface area (Å²) < 4.78 is 22.6. The summed E-state index contributed by atoms with van der Waals surface area (Å²) in [5.41, 5.74) is 3.72. The van der Waals surface area contributed by atoms with Crippen LogP contribution in [-0.2, 0) is 19.6 Å². The van der Waals surface area contributed by atoms with E-state index in [1.807, 2.05) is 114 Å². The van der Waals surface area contributed by atoms with Crippen molar-refractivity contribution in [3.05, 3.63) is 131 Å². The van der Waals surface area contributed by atoms with Crippen LogP contribution in [0.5, 0.6) is 23.0 Å². The van der Waals surface area contributed by atoms with Gasteiger partial charge in [0.2, 0.25) is 0 Å². The highest BCUT2D eigenvalue weighted by Gasteiger charge is 2.19. The standard InChI is InChI=1S/C36H35NO5/c1-39-32-17-13-26(21-34(32)40-2)19-20-37(36(38)31-16-15-29-11-7-8-12-30(29)23-31)24-28-14-18-33(35(22-28)41-3)42-25-27-9-5-4-6-10-27/h4-18,21-23H,19-20,24-25H2,1-3H3. The molecule has 0 unspecified atom stereocenters. The Bertz CT molecular complexity index is 1650. The summed E-state index contributed by atoms with van der Waals surface area (Å²) in [7, 11) is 4.87. The van der Waals surface area contributed by atoms with Gasteiger partial charge in [0, 0.05) is 18.7 Å². The van der Waals surface area contributed by atoms with E-state index in [2.05, 4.69) is 0 Å². The van der Waals surface area contributed by atoms with Gasteiger partial charge in [-0.1, -0.05) is 72.8 Å². The van der Waals surface area contributed by atoms with E-state index >= 15 is 0 Å². The lowest BCUT2D eigenvalue weighted by Crippen LogP contribution is -2.32. The first kappa shape index (κ1) is 28.6. The number of nitrogens with zero attached hydrogens (tertiary/aromatic N) is 1. The summed E-state index contributed by atoms with van der Waals surface area (Å²) >= 11 is 0. The topological polar surface area (TPSA) is 57.2 Å². The van der Waals surface area contributed by atoms with Crippen molar-refractivity contribution in [1.29, 1.82) is 0 Å². The van der Waals surface area contributed by atoms with Gasteiger partial charge in [-0.05, 0) is 70.3 Å². The first-order chi connectivity index (χ1) is 20.6. The Morgan fingerprint density at radius 2 is 1.24 bits per heavy atom. The number of rotatable bonds is 12. The summed E-state index contributed by atoms with van der Waals surface area (Å²) in [5.74, 6) is 2.58. The Morgan fingerprint density at radius 1 is 0.595 bits per heavy atom. The minimum atomic E-state index is -0.0374. The molecule has 6 heteroatoms. The van der Waals surface area contributed by atoms with Gasteiger partial charge in [-0.3, -0.25) is 4.79 Å². The van der Waals surface area contributed by atoms with Crippen LogP contribution in [0.3, 0.4) is 0 Å². The predicted molar refractivity (Wildman–Crippen MR) is 166 cm³/mol. The van der Waals surface area contributed by atoms with E-state index in [9.17, 15) is 4.79 Å². The molecule has 214 valence electrons. The van der Waals surface area contributed by atoms with Gasteiger partial charge in [-0.15, -0.1) is 0 Å². The summed E-state index contributed by atoms with van der Waals surface area (Å²) in [5, 5.41) is 2.13. The number of amides is 1. The number of hydrogen-bond donors (Lipinski definition) is 0. The molecule has 0 bridgehead atoms. The molecule has 0 fully saturated rings. The van der Waals surface area contributed by atoms with Crippen LogP contribution in [0, 0.1) is 0 Å². The third kappa shape index (κ3) is 6.84. The van der Waals surface area contributed by atoms with E-state index in [4.69, 9.17) is 18.9 Å². The van der Waals surface area contributed by atoms with Crippen molar-refractivity contribution in [1.82, 2.24) is 4.90 Å². The second-order valence-corrected chi connectivity index (χ2v) is 9.99. The average molecular weight is 562 g/mol. The molecule has 5 rings (SSSR count). The largest absolute Gasteiger partial charge is 0.493 e. The predicted octanol–water partition coefficient (Wildman–Crippen LogP) is 7.33. The van der Waals surface area contributed by atoms with Crippen molar-refractivity contribution in [3.8, 4) is 23.0 Å². The van der Waals surface area contributed by atoms with Crippen molar-refractivity contribution in [3.63, 3.8) is 0 Å². The molecule has 0 heterocycles.